The lowest BCUT2D eigenvalue weighted by Gasteiger charge is -2.33. The number of aliphatic hydroxyl groups excluding tert-OH is 1. The first kappa shape index (κ1) is 26.9. The van der Waals surface area contributed by atoms with E-state index in [1.807, 2.05) is 0 Å². The van der Waals surface area contributed by atoms with Crippen molar-refractivity contribution in [1.29, 1.82) is 0 Å². The van der Waals surface area contributed by atoms with Crippen molar-refractivity contribution in [3.63, 3.8) is 0 Å². The van der Waals surface area contributed by atoms with Gasteiger partial charge in [-0.1, -0.05) is 12.1 Å². The highest BCUT2D eigenvalue weighted by molar-refractivity contribution is 7.89. The van der Waals surface area contributed by atoms with E-state index in [4.69, 9.17) is 10.5 Å². The number of methoxy groups -OCH3 is 1. The Morgan fingerprint density at radius 2 is 1.92 bits per heavy atom. The van der Waals surface area contributed by atoms with Gasteiger partial charge >= 0.3 is 0 Å². The molecule has 3 aromatic rings. The number of dihydropyridines is 1. The maximum atomic E-state index is 14.2. The first-order valence-electron chi connectivity index (χ1n) is 12.2. The zero-order valence-corrected chi connectivity index (χ0v) is 21.7. The molecule has 206 valence electrons. The number of fused-ring (bicyclic) bond motifs is 1. The standard InChI is InChI=1S/C26H27F2N5O5S/c1-38-26(32-39(36,37)23-9-3-17(27)13-21(23)28)11-10-16(14-30-26)15-2-8-22-20(12-15)24(35)33(25(29)31-22)18-4-6-19(34)7-5-18/h2-3,8-14,18-19,30,32,34H,4-7H2,1H3,(H2,29,31)/t18-,19-,26?. The Balaban J connectivity index is 1.43. The van der Waals surface area contributed by atoms with Gasteiger partial charge in [0.05, 0.1) is 17.0 Å². The van der Waals surface area contributed by atoms with Crippen LogP contribution in [0.3, 0.4) is 0 Å². The van der Waals surface area contributed by atoms with E-state index in [0.717, 1.165) is 12.1 Å². The first-order valence-corrected chi connectivity index (χ1v) is 13.7. The highest BCUT2D eigenvalue weighted by Gasteiger charge is 2.35. The molecule has 2 heterocycles. The van der Waals surface area contributed by atoms with E-state index in [1.165, 1.54) is 24.0 Å². The van der Waals surface area contributed by atoms with Crippen LogP contribution in [-0.2, 0) is 14.8 Å². The summed E-state index contributed by atoms with van der Waals surface area (Å²) in [6, 6.07) is 7.07. The summed E-state index contributed by atoms with van der Waals surface area (Å²) < 4.78 is 62.2. The van der Waals surface area contributed by atoms with Crippen LogP contribution in [0.15, 0.2) is 64.4 Å². The molecule has 5 N–H and O–H groups in total. The molecule has 0 saturated heterocycles. The summed E-state index contributed by atoms with van der Waals surface area (Å²) >= 11 is 0. The number of nitrogens with two attached hydrogens (primary N) is 1. The van der Waals surface area contributed by atoms with Crippen LogP contribution in [0.1, 0.15) is 37.3 Å². The second-order valence-electron chi connectivity index (χ2n) is 9.54. The molecule has 13 heteroatoms. The van der Waals surface area contributed by atoms with Crippen molar-refractivity contribution in [3.8, 4) is 0 Å². The summed E-state index contributed by atoms with van der Waals surface area (Å²) in [4.78, 5) is 17.1. The molecule has 1 aliphatic carbocycles. The number of halogens is 2. The topological polar surface area (TPSA) is 149 Å². The third kappa shape index (κ3) is 5.17. The number of nitrogens with zero attached hydrogens (tertiary/aromatic N) is 2. The summed E-state index contributed by atoms with van der Waals surface area (Å²) in [6.07, 6.45) is 6.47. The minimum Gasteiger partial charge on any atom is -0.393 e. The number of anilines is 1. The largest absolute Gasteiger partial charge is 0.393 e. The van der Waals surface area contributed by atoms with E-state index in [9.17, 15) is 27.1 Å². The Morgan fingerprint density at radius 3 is 2.56 bits per heavy atom. The number of nitrogen functional groups attached to an aromatic ring is 1. The van der Waals surface area contributed by atoms with Crippen LogP contribution in [0, 0.1) is 11.6 Å². The van der Waals surface area contributed by atoms with Gasteiger partial charge in [0.25, 0.3) is 5.56 Å². The summed E-state index contributed by atoms with van der Waals surface area (Å²) in [5, 5.41) is 13.0. The van der Waals surface area contributed by atoms with E-state index in [2.05, 4.69) is 15.0 Å². The van der Waals surface area contributed by atoms with E-state index in [-0.39, 0.29) is 23.7 Å². The van der Waals surface area contributed by atoms with E-state index >= 15 is 0 Å². The van der Waals surface area contributed by atoms with Gasteiger partial charge in [-0.05, 0) is 67.2 Å². The van der Waals surface area contributed by atoms with Crippen molar-refractivity contribution in [2.24, 2.45) is 0 Å². The summed E-state index contributed by atoms with van der Waals surface area (Å²) in [5.74, 6) is -3.79. The number of allylic oxidation sites excluding steroid dienone is 2. The first-order chi connectivity index (χ1) is 18.5. The van der Waals surface area contributed by atoms with Crippen LogP contribution in [0.25, 0.3) is 16.5 Å². The second-order valence-corrected chi connectivity index (χ2v) is 11.2. The molecule has 10 nitrogen and oxygen atoms in total. The maximum Gasteiger partial charge on any atom is 0.263 e. The number of nitrogens with one attached hydrogen (secondary N) is 2. The van der Waals surface area contributed by atoms with Gasteiger partial charge in [0.15, 0.2) is 0 Å². The third-order valence-electron chi connectivity index (χ3n) is 7.02. The summed E-state index contributed by atoms with van der Waals surface area (Å²) in [7, 11) is -3.21. The molecule has 1 atom stereocenters. The second kappa shape index (κ2) is 10.2. The minimum absolute atomic E-state index is 0.120. The molecule has 0 amide bonds. The fourth-order valence-electron chi connectivity index (χ4n) is 4.91. The van der Waals surface area contributed by atoms with Crippen LogP contribution in [0.5, 0.6) is 0 Å². The quantitative estimate of drug-likeness (QED) is 0.337. The number of benzene rings is 2. The number of ether oxygens (including phenoxy) is 1. The van der Waals surface area contributed by atoms with Crippen LogP contribution >= 0.6 is 0 Å². The van der Waals surface area contributed by atoms with Gasteiger partial charge in [-0.25, -0.2) is 22.2 Å². The molecule has 39 heavy (non-hydrogen) atoms. The Kier molecular flexibility index (Phi) is 7.01. The number of rotatable bonds is 6. The van der Waals surface area contributed by atoms with Gasteiger partial charge in [-0.3, -0.25) is 9.36 Å². The normalized spacial score (nSPS) is 23.4. The van der Waals surface area contributed by atoms with Crippen LogP contribution in [-0.4, -0.2) is 42.1 Å². The van der Waals surface area contributed by atoms with Crippen molar-refractivity contribution in [3.05, 3.63) is 82.3 Å². The van der Waals surface area contributed by atoms with Crippen molar-refractivity contribution < 1.29 is 27.0 Å². The average Bonchev–Trinajstić information content (AvgIpc) is 2.89. The van der Waals surface area contributed by atoms with Crippen LogP contribution in [0.2, 0.25) is 0 Å². The number of aliphatic hydroxyl groups is 1. The third-order valence-corrected chi connectivity index (χ3v) is 8.51. The highest BCUT2D eigenvalue weighted by Crippen LogP contribution is 2.30. The molecule has 1 aromatic heterocycles. The SMILES string of the molecule is COC1(NS(=O)(=O)c2ccc(F)cc2F)C=CC(c2ccc3nc(N)n([C@H]4CC[C@H](O)CC4)c(=O)c3c2)=CN1. The van der Waals surface area contributed by atoms with Gasteiger partial charge in [-0.15, -0.1) is 0 Å². The molecular formula is C26H27F2N5O5S. The van der Waals surface area contributed by atoms with Gasteiger partial charge in [0, 0.05) is 25.4 Å². The predicted molar refractivity (Wildman–Crippen MR) is 141 cm³/mol. The molecule has 1 fully saturated rings. The lowest BCUT2D eigenvalue weighted by Crippen LogP contribution is -2.57. The van der Waals surface area contributed by atoms with E-state index in [1.54, 1.807) is 24.3 Å². The molecule has 1 saturated carbocycles. The Bertz CT molecular complexity index is 1670. The van der Waals surface area contributed by atoms with Crippen LogP contribution in [0.4, 0.5) is 14.7 Å². The molecule has 1 unspecified atom stereocenters. The lowest BCUT2D eigenvalue weighted by molar-refractivity contribution is 0.00381. The Hall–Kier alpha value is -3.65. The predicted octanol–water partition coefficient (Wildman–Crippen LogP) is 2.51. The maximum absolute atomic E-state index is 14.2. The van der Waals surface area contributed by atoms with Crippen molar-refractivity contribution >= 4 is 32.4 Å². The molecule has 0 radical (unpaired) electrons. The lowest BCUT2D eigenvalue weighted by atomic mass is 9.93. The van der Waals surface area contributed by atoms with Crippen LogP contribution < -0.4 is 21.3 Å². The number of hydrogen-bond donors (Lipinski definition) is 4. The molecule has 1 aliphatic heterocycles. The zero-order valence-electron chi connectivity index (χ0n) is 20.9. The molecule has 0 spiro atoms. The van der Waals surface area contributed by atoms with Gasteiger partial charge in [0.2, 0.25) is 21.8 Å². The van der Waals surface area contributed by atoms with Gasteiger partial charge < -0.3 is 20.9 Å². The van der Waals surface area contributed by atoms with E-state index < -0.39 is 32.4 Å². The van der Waals surface area contributed by atoms with Gasteiger partial charge in [-0.2, -0.15) is 4.72 Å². The monoisotopic (exact) mass is 559 g/mol. The highest BCUT2D eigenvalue weighted by atomic mass is 32.2. The summed E-state index contributed by atoms with van der Waals surface area (Å²) in [5.41, 5.74) is 7.52. The summed E-state index contributed by atoms with van der Waals surface area (Å²) in [6.45, 7) is 0. The molecule has 2 aromatic carbocycles. The van der Waals surface area contributed by atoms with Crippen molar-refractivity contribution in [2.75, 3.05) is 12.8 Å². The Labute approximate surface area is 222 Å². The average molecular weight is 560 g/mol. The number of aromatic nitrogens is 2. The van der Waals surface area contributed by atoms with Crippen molar-refractivity contribution in [1.82, 2.24) is 19.6 Å². The minimum atomic E-state index is -4.46. The van der Waals surface area contributed by atoms with Crippen molar-refractivity contribution in [2.45, 2.75) is 48.6 Å². The molecule has 0 bridgehead atoms. The molecule has 2 aliphatic rings. The zero-order chi connectivity index (χ0) is 27.9. The van der Waals surface area contributed by atoms with Gasteiger partial charge in [0.1, 0.15) is 16.5 Å². The smallest absolute Gasteiger partial charge is 0.263 e. The molecular weight excluding hydrogens is 532 g/mol. The fourth-order valence-corrected chi connectivity index (χ4v) is 6.19. The fraction of sp³-hybridized carbons (Fsp3) is 0.308. The number of hydrogen-bond acceptors (Lipinski definition) is 8. The van der Waals surface area contributed by atoms with E-state index in [0.29, 0.717) is 53.8 Å². The molecule has 5 rings (SSSR count). The Morgan fingerprint density at radius 1 is 1.18 bits per heavy atom. The number of sulfonamides is 1.